The molecule has 0 saturated carbocycles. The molecular formula is C14H20FIO. The minimum absolute atomic E-state index is 0.00519. The molecule has 0 fully saturated rings. The molecule has 0 saturated heterocycles. The van der Waals surface area contributed by atoms with Crippen LogP contribution in [0.5, 0.6) is 0 Å². The van der Waals surface area contributed by atoms with Crippen LogP contribution < -0.4 is 0 Å². The molecule has 96 valence electrons. The Balaban J connectivity index is 2.54. The molecule has 0 aromatic heterocycles. The second-order valence-corrected chi connectivity index (χ2v) is 5.31. The van der Waals surface area contributed by atoms with Gasteiger partial charge in [-0.3, -0.25) is 0 Å². The van der Waals surface area contributed by atoms with E-state index < -0.39 is 0 Å². The molecule has 0 bridgehead atoms. The van der Waals surface area contributed by atoms with Crippen molar-refractivity contribution < 1.29 is 9.13 Å². The van der Waals surface area contributed by atoms with Crippen molar-refractivity contribution in [3.05, 3.63) is 35.6 Å². The van der Waals surface area contributed by atoms with E-state index >= 15 is 0 Å². The van der Waals surface area contributed by atoms with Gasteiger partial charge < -0.3 is 4.74 Å². The molecule has 0 N–H and O–H groups in total. The predicted molar refractivity (Wildman–Crippen MR) is 78.1 cm³/mol. The van der Waals surface area contributed by atoms with Crippen molar-refractivity contribution >= 4 is 22.6 Å². The largest absolute Gasteiger partial charge is 0.372 e. The van der Waals surface area contributed by atoms with Gasteiger partial charge in [-0.1, -0.05) is 55.0 Å². The summed E-state index contributed by atoms with van der Waals surface area (Å²) in [5.41, 5.74) is 0.933. The lowest BCUT2D eigenvalue weighted by Crippen LogP contribution is -2.12. The third kappa shape index (κ3) is 5.34. The average molecular weight is 350 g/mol. The Hall–Kier alpha value is -0.160. The third-order valence-electron chi connectivity index (χ3n) is 2.72. The third-order valence-corrected chi connectivity index (χ3v) is 3.52. The first-order valence-corrected chi connectivity index (χ1v) is 7.63. The fraction of sp³-hybridized carbons (Fsp3) is 0.571. The molecule has 0 spiro atoms. The summed E-state index contributed by atoms with van der Waals surface area (Å²) in [7, 11) is 0. The van der Waals surface area contributed by atoms with Crippen molar-refractivity contribution in [2.75, 3.05) is 11.0 Å². The molecule has 17 heavy (non-hydrogen) atoms. The van der Waals surface area contributed by atoms with Gasteiger partial charge in [-0.25, -0.2) is 4.39 Å². The smallest absolute Gasteiger partial charge is 0.123 e. The van der Waals surface area contributed by atoms with Crippen molar-refractivity contribution in [1.82, 2.24) is 0 Å². The topological polar surface area (TPSA) is 9.23 Å². The van der Waals surface area contributed by atoms with E-state index in [-0.39, 0.29) is 11.9 Å². The Morgan fingerprint density at radius 3 is 2.76 bits per heavy atom. The van der Waals surface area contributed by atoms with Crippen LogP contribution in [0.4, 0.5) is 4.39 Å². The summed E-state index contributed by atoms with van der Waals surface area (Å²) in [6, 6.07) is 6.70. The highest BCUT2D eigenvalue weighted by molar-refractivity contribution is 14.1. The van der Waals surface area contributed by atoms with Gasteiger partial charge in [0.2, 0.25) is 0 Å². The van der Waals surface area contributed by atoms with Crippen molar-refractivity contribution in [1.29, 1.82) is 0 Å². The SMILES string of the molecule is CCCC(C)COC(CI)c1cccc(F)c1. The molecule has 2 atom stereocenters. The lowest BCUT2D eigenvalue weighted by Gasteiger charge is -2.19. The molecule has 0 heterocycles. The molecule has 1 nitrogen and oxygen atoms in total. The van der Waals surface area contributed by atoms with Crippen molar-refractivity contribution in [3.8, 4) is 0 Å². The second kappa shape index (κ2) is 8.03. The quantitative estimate of drug-likeness (QED) is 0.509. The minimum Gasteiger partial charge on any atom is -0.372 e. The van der Waals surface area contributed by atoms with Gasteiger partial charge in [0.05, 0.1) is 6.10 Å². The highest BCUT2D eigenvalue weighted by Crippen LogP contribution is 2.22. The summed E-state index contributed by atoms with van der Waals surface area (Å²) in [5.74, 6) is 0.376. The molecule has 0 radical (unpaired) electrons. The van der Waals surface area contributed by atoms with E-state index in [4.69, 9.17) is 4.74 Å². The van der Waals surface area contributed by atoms with E-state index in [1.807, 2.05) is 6.07 Å². The Morgan fingerprint density at radius 2 is 2.18 bits per heavy atom. The summed E-state index contributed by atoms with van der Waals surface area (Å²) < 4.78 is 19.8. The number of ether oxygens (including phenoxy) is 1. The van der Waals surface area contributed by atoms with Gasteiger partial charge in [0, 0.05) is 11.0 Å². The van der Waals surface area contributed by atoms with Crippen LogP contribution in [0, 0.1) is 11.7 Å². The molecule has 0 amide bonds. The lowest BCUT2D eigenvalue weighted by molar-refractivity contribution is 0.0457. The zero-order chi connectivity index (χ0) is 12.7. The normalized spacial score (nSPS) is 14.6. The molecule has 1 rings (SSSR count). The van der Waals surface area contributed by atoms with Crippen molar-refractivity contribution in [2.45, 2.75) is 32.8 Å². The number of hydrogen-bond donors (Lipinski definition) is 0. The van der Waals surface area contributed by atoms with Crippen LogP contribution in [0.3, 0.4) is 0 Å². The van der Waals surface area contributed by atoms with Crippen LogP contribution >= 0.6 is 22.6 Å². The second-order valence-electron chi connectivity index (χ2n) is 4.43. The average Bonchev–Trinajstić information content (AvgIpc) is 2.30. The molecule has 1 aromatic carbocycles. The Labute approximate surface area is 117 Å². The molecule has 3 heteroatoms. The van der Waals surface area contributed by atoms with Crippen LogP contribution in [0.2, 0.25) is 0 Å². The van der Waals surface area contributed by atoms with Gasteiger partial charge in [-0.05, 0) is 30.0 Å². The van der Waals surface area contributed by atoms with Crippen LogP contribution in [-0.2, 0) is 4.74 Å². The Bertz CT molecular complexity index is 330. The molecular weight excluding hydrogens is 330 g/mol. The highest BCUT2D eigenvalue weighted by atomic mass is 127. The van der Waals surface area contributed by atoms with Crippen molar-refractivity contribution in [2.24, 2.45) is 5.92 Å². The fourth-order valence-electron chi connectivity index (χ4n) is 1.79. The first-order valence-electron chi connectivity index (χ1n) is 6.10. The van der Waals surface area contributed by atoms with Gasteiger partial charge >= 0.3 is 0 Å². The van der Waals surface area contributed by atoms with E-state index in [1.54, 1.807) is 12.1 Å². The highest BCUT2D eigenvalue weighted by Gasteiger charge is 2.12. The number of halogens is 2. The van der Waals surface area contributed by atoms with Gasteiger partial charge in [0.25, 0.3) is 0 Å². The predicted octanol–water partition coefficient (Wildman–Crippen LogP) is 4.75. The molecule has 2 unspecified atom stereocenters. The maximum Gasteiger partial charge on any atom is 0.123 e. The standard InChI is InChI=1S/C14H20FIO/c1-3-5-11(2)10-17-14(9-16)12-6-4-7-13(15)8-12/h4,6-8,11,14H,3,5,9-10H2,1-2H3. The number of hydrogen-bond acceptors (Lipinski definition) is 1. The molecule has 1 aromatic rings. The summed E-state index contributed by atoms with van der Waals surface area (Å²) in [6.45, 7) is 5.12. The van der Waals surface area contributed by atoms with E-state index in [9.17, 15) is 4.39 Å². The van der Waals surface area contributed by atoms with Gasteiger partial charge in [0.15, 0.2) is 0 Å². The Morgan fingerprint density at radius 1 is 1.41 bits per heavy atom. The van der Waals surface area contributed by atoms with Gasteiger partial charge in [-0.15, -0.1) is 0 Å². The van der Waals surface area contributed by atoms with E-state index in [2.05, 4.69) is 36.4 Å². The zero-order valence-corrected chi connectivity index (χ0v) is 12.6. The van der Waals surface area contributed by atoms with Gasteiger partial charge in [-0.2, -0.15) is 0 Å². The minimum atomic E-state index is -0.192. The Kier molecular flexibility index (Phi) is 7.04. The monoisotopic (exact) mass is 350 g/mol. The zero-order valence-electron chi connectivity index (χ0n) is 10.5. The van der Waals surface area contributed by atoms with E-state index in [0.717, 1.165) is 16.6 Å². The summed E-state index contributed by atoms with van der Waals surface area (Å²) in [6.07, 6.45) is 2.36. The first kappa shape index (κ1) is 14.9. The molecule has 0 aliphatic rings. The van der Waals surface area contributed by atoms with Crippen LogP contribution in [0.25, 0.3) is 0 Å². The summed E-state index contributed by atoms with van der Waals surface area (Å²) >= 11 is 2.29. The van der Waals surface area contributed by atoms with Crippen LogP contribution in [0.15, 0.2) is 24.3 Å². The van der Waals surface area contributed by atoms with E-state index in [1.165, 1.54) is 18.9 Å². The summed E-state index contributed by atoms with van der Waals surface area (Å²) in [4.78, 5) is 0. The molecule has 0 aliphatic heterocycles. The van der Waals surface area contributed by atoms with Crippen LogP contribution in [-0.4, -0.2) is 11.0 Å². The van der Waals surface area contributed by atoms with Crippen molar-refractivity contribution in [3.63, 3.8) is 0 Å². The molecule has 0 aliphatic carbocycles. The number of alkyl halides is 1. The maximum absolute atomic E-state index is 13.1. The lowest BCUT2D eigenvalue weighted by atomic mass is 10.1. The van der Waals surface area contributed by atoms with E-state index in [0.29, 0.717) is 5.92 Å². The first-order chi connectivity index (χ1) is 8.17. The van der Waals surface area contributed by atoms with Crippen LogP contribution in [0.1, 0.15) is 38.4 Å². The van der Waals surface area contributed by atoms with Gasteiger partial charge in [0.1, 0.15) is 5.82 Å². The number of benzene rings is 1. The number of rotatable bonds is 7. The summed E-state index contributed by atoms with van der Waals surface area (Å²) in [5, 5.41) is 0. The fourth-order valence-corrected chi connectivity index (χ4v) is 2.56. The maximum atomic E-state index is 13.1.